The predicted molar refractivity (Wildman–Crippen MR) is 93.8 cm³/mol. The molecule has 24 heavy (non-hydrogen) atoms. The van der Waals surface area contributed by atoms with Gasteiger partial charge in [-0.2, -0.15) is 0 Å². The number of hydrogen-bond acceptors (Lipinski definition) is 4. The molecule has 2 aromatic rings. The first-order valence-electron chi connectivity index (χ1n) is 8.63. The molecule has 126 valence electrons. The molecule has 4 nitrogen and oxygen atoms in total. The molecule has 2 aromatic carbocycles. The number of aromatic hydroxyl groups is 2. The van der Waals surface area contributed by atoms with E-state index in [1.807, 2.05) is 12.1 Å². The quantitative estimate of drug-likeness (QED) is 0.847. The van der Waals surface area contributed by atoms with Gasteiger partial charge in [-0.15, -0.1) is 0 Å². The third kappa shape index (κ3) is 2.17. The van der Waals surface area contributed by atoms with Crippen LogP contribution in [0.5, 0.6) is 17.2 Å². The van der Waals surface area contributed by atoms with Crippen LogP contribution in [0, 0.1) is 0 Å². The lowest BCUT2D eigenvalue weighted by molar-refractivity contribution is 0.182. The zero-order chi connectivity index (χ0) is 16.8. The SMILES string of the molecule is CCCN1CCc2cc(O[11CH3])cc3c2C1Cc1ccc(O)c(O)c1-3. The maximum absolute atomic E-state index is 10.5. The number of ether oxygens (including phenoxy) is 1. The van der Waals surface area contributed by atoms with Gasteiger partial charge < -0.3 is 14.9 Å². The van der Waals surface area contributed by atoms with Gasteiger partial charge in [-0.3, -0.25) is 4.90 Å². The molecular weight excluding hydrogens is 301 g/mol. The minimum absolute atomic E-state index is 0.0194. The number of benzene rings is 2. The van der Waals surface area contributed by atoms with Crippen molar-refractivity contribution >= 4 is 0 Å². The minimum Gasteiger partial charge on any atom is -0.504 e. The van der Waals surface area contributed by atoms with Crippen molar-refractivity contribution in [3.63, 3.8) is 0 Å². The van der Waals surface area contributed by atoms with Gasteiger partial charge in [0.15, 0.2) is 11.5 Å². The lowest BCUT2D eigenvalue weighted by Crippen LogP contribution is -2.38. The Labute approximate surface area is 142 Å². The first kappa shape index (κ1) is 15.3. The van der Waals surface area contributed by atoms with Crippen LogP contribution in [0.4, 0.5) is 0 Å². The first-order chi connectivity index (χ1) is 11.6. The van der Waals surface area contributed by atoms with E-state index in [1.165, 1.54) is 11.1 Å². The average Bonchev–Trinajstić information content (AvgIpc) is 2.60. The van der Waals surface area contributed by atoms with Crippen LogP contribution in [-0.4, -0.2) is 35.3 Å². The molecule has 1 aliphatic carbocycles. The monoisotopic (exact) mass is 324 g/mol. The molecule has 0 fully saturated rings. The Hall–Kier alpha value is -2.20. The minimum atomic E-state index is -0.0648. The third-order valence-electron chi connectivity index (χ3n) is 5.35. The highest BCUT2D eigenvalue weighted by atomic mass is 16.4. The van der Waals surface area contributed by atoms with Crippen LogP contribution in [0.1, 0.15) is 36.1 Å². The Morgan fingerprint density at radius 1 is 1.21 bits per heavy atom. The average molecular weight is 324 g/mol. The van der Waals surface area contributed by atoms with Crippen molar-refractivity contribution in [3.05, 3.63) is 41.0 Å². The summed E-state index contributed by atoms with van der Waals surface area (Å²) >= 11 is 0. The maximum Gasteiger partial charge on any atom is 0.165 e. The van der Waals surface area contributed by atoms with Crippen LogP contribution < -0.4 is 4.74 Å². The number of rotatable bonds is 3. The van der Waals surface area contributed by atoms with E-state index in [4.69, 9.17) is 4.74 Å². The van der Waals surface area contributed by atoms with Gasteiger partial charge in [0.1, 0.15) is 5.75 Å². The van der Waals surface area contributed by atoms with Crippen LogP contribution in [0.25, 0.3) is 11.1 Å². The lowest BCUT2D eigenvalue weighted by atomic mass is 9.76. The summed E-state index contributed by atoms with van der Waals surface area (Å²) in [6.07, 6.45) is 2.99. The second-order valence-corrected chi connectivity index (χ2v) is 6.72. The molecule has 1 unspecified atom stereocenters. The Balaban J connectivity index is 1.98. The number of nitrogens with zero attached hydrogens (tertiary/aromatic N) is 1. The predicted octanol–water partition coefficient (Wildman–Crippen LogP) is 3.64. The van der Waals surface area contributed by atoms with E-state index in [9.17, 15) is 10.2 Å². The van der Waals surface area contributed by atoms with E-state index < -0.39 is 0 Å². The van der Waals surface area contributed by atoms with Gasteiger partial charge in [-0.05, 0) is 66.3 Å². The largest absolute Gasteiger partial charge is 0.504 e. The molecule has 0 saturated carbocycles. The summed E-state index contributed by atoms with van der Waals surface area (Å²) in [4.78, 5) is 2.55. The van der Waals surface area contributed by atoms with Gasteiger partial charge in [-0.25, -0.2) is 0 Å². The fraction of sp³-hybridized carbons (Fsp3) is 0.400. The topological polar surface area (TPSA) is 52.9 Å². The van der Waals surface area contributed by atoms with Crippen LogP contribution in [0.3, 0.4) is 0 Å². The van der Waals surface area contributed by atoms with Crippen LogP contribution >= 0.6 is 0 Å². The van der Waals surface area contributed by atoms with Gasteiger partial charge in [-0.1, -0.05) is 13.0 Å². The van der Waals surface area contributed by atoms with Crippen molar-refractivity contribution in [2.75, 3.05) is 20.2 Å². The van der Waals surface area contributed by atoms with E-state index in [1.54, 1.807) is 13.2 Å². The molecule has 2 aliphatic rings. The highest BCUT2D eigenvalue weighted by Crippen LogP contribution is 2.51. The molecule has 0 bridgehead atoms. The number of hydrogen-bond donors (Lipinski definition) is 2. The Kier molecular flexibility index (Phi) is 3.65. The van der Waals surface area contributed by atoms with E-state index in [0.29, 0.717) is 6.04 Å². The summed E-state index contributed by atoms with van der Waals surface area (Å²) in [5.74, 6) is 0.723. The van der Waals surface area contributed by atoms with E-state index >= 15 is 0 Å². The standard InChI is InChI=1S/C20H23NO3/c1-3-7-21-8-6-13-9-14(24-2)11-15-18(13)16(21)10-12-4-5-17(22)20(23)19(12)15/h4-5,9,11,16,22-23H,3,6-8,10H2,1-2H3/i2-1. The molecule has 4 heteroatoms. The summed E-state index contributed by atoms with van der Waals surface area (Å²) in [7, 11) is 1.67. The van der Waals surface area contributed by atoms with Crippen LogP contribution in [0.15, 0.2) is 24.3 Å². The molecule has 0 radical (unpaired) electrons. The van der Waals surface area contributed by atoms with Crippen molar-refractivity contribution in [2.45, 2.75) is 32.2 Å². The third-order valence-corrected chi connectivity index (χ3v) is 5.35. The van der Waals surface area contributed by atoms with Crippen molar-refractivity contribution in [1.29, 1.82) is 0 Å². The fourth-order valence-electron chi connectivity index (χ4n) is 4.30. The molecule has 0 aromatic heterocycles. The molecular formula is C20H23NO3. The molecule has 4 rings (SSSR count). The molecule has 1 heterocycles. The van der Waals surface area contributed by atoms with Gasteiger partial charge in [0.25, 0.3) is 0 Å². The number of phenolic OH excluding ortho intramolecular Hbond substituents is 2. The van der Waals surface area contributed by atoms with Crippen LogP contribution in [-0.2, 0) is 12.8 Å². The molecule has 0 spiro atoms. The summed E-state index contributed by atoms with van der Waals surface area (Å²) in [5, 5.41) is 20.5. The van der Waals surface area contributed by atoms with Crippen molar-refractivity contribution in [2.24, 2.45) is 0 Å². The first-order valence-corrected chi connectivity index (χ1v) is 8.63. The van der Waals surface area contributed by atoms with Crippen molar-refractivity contribution in [3.8, 4) is 28.4 Å². The molecule has 1 aliphatic heterocycles. The summed E-state index contributed by atoms with van der Waals surface area (Å²) in [5.41, 5.74) is 5.45. The van der Waals surface area contributed by atoms with E-state index in [-0.39, 0.29) is 11.5 Å². The van der Waals surface area contributed by atoms with Gasteiger partial charge >= 0.3 is 0 Å². The molecule has 2 N–H and O–H groups in total. The number of phenols is 2. The normalized spacial score (nSPS) is 18.8. The highest BCUT2D eigenvalue weighted by Gasteiger charge is 2.36. The number of fused-ring (bicyclic) bond motifs is 2. The Bertz CT molecular complexity index is 800. The van der Waals surface area contributed by atoms with Gasteiger partial charge in [0, 0.05) is 18.2 Å². The molecule has 0 amide bonds. The second kappa shape index (κ2) is 5.71. The fourth-order valence-corrected chi connectivity index (χ4v) is 4.30. The summed E-state index contributed by atoms with van der Waals surface area (Å²) in [6.45, 7) is 4.34. The molecule has 0 saturated heterocycles. The second-order valence-electron chi connectivity index (χ2n) is 6.72. The smallest absolute Gasteiger partial charge is 0.165 e. The zero-order valence-corrected chi connectivity index (χ0v) is 14.2. The van der Waals surface area contributed by atoms with E-state index in [2.05, 4.69) is 17.9 Å². The van der Waals surface area contributed by atoms with E-state index in [0.717, 1.165) is 54.8 Å². The Morgan fingerprint density at radius 2 is 2.04 bits per heavy atom. The Morgan fingerprint density at radius 3 is 2.79 bits per heavy atom. The maximum atomic E-state index is 10.5. The van der Waals surface area contributed by atoms with Gasteiger partial charge in [0.2, 0.25) is 0 Å². The summed E-state index contributed by atoms with van der Waals surface area (Å²) in [6, 6.07) is 7.99. The van der Waals surface area contributed by atoms with Crippen molar-refractivity contribution < 1.29 is 14.9 Å². The molecule has 1 atom stereocenters. The van der Waals surface area contributed by atoms with Gasteiger partial charge in [0.05, 0.1) is 7.11 Å². The van der Waals surface area contributed by atoms with Crippen LogP contribution in [0.2, 0.25) is 0 Å². The highest BCUT2D eigenvalue weighted by molar-refractivity contribution is 5.83. The number of methoxy groups -OCH3 is 1. The lowest BCUT2D eigenvalue weighted by Gasteiger charge is -2.42. The van der Waals surface area contributed by atoms with Crippen molar-refractivity contribution in [1.82, 2.24) is 4.90 Å². The zero-order valence-electron chi connectivity index (χ0n) is 14.2. The summed E-state index contributed by atoms with van der Waals surface area (Å²) < 4.78 is 5.48.